The SMILES string of the molecule is CC(=O)N1CCc2[nH]c3ccc(C(=O)Nc4ccc(N5CCOCC5)cc4)cc3c2C1. The highest BCUT2D eigenvalue weighted by atomic mass is 16.5. The van der Waals surface area contributed by atoms with Crippen molar-refractivity contribution in [2.75, 3.05) is 43.1 Å². The fourth-order valence-corrected chi connectivity index (χ4v) is 4.40. The Morgan fingerprint density at radius 3 is 2.55 bits per heavy atom. The van der Waals surface area contributed by atoms with Gasteiger partial charge in [0.15, 0.2) is 0 Å². The first-order chi connectivity index (χ1) is 15.1. The molecule has 2 aliphatic rings. The Kier molecular flexibility index (Phi) is 5.11. The molecular formula is C24H26N4O3. The largest absolute Gasteiger partial charge is 0.378 e. The summed E-state index contributed by atoms with van der Waals surface area (Å²) in [5.41, 5.74) is 5.77. The highest BCUT2D eigenvalue weighted by Crippen LogP contribution is 2.29. The normalized spacial score (nSPS) is 16.3. The molecule has 2 amide bonds. The van der Waals surface area contributed by atoms with Crippen LogP contribution < -0.4 is 10.2 Å². The number of carbonyl (C=O) groups is 2. The van der Waals surface area contributed by atoms with Gasteiger partial charge in [0.1, 0.15) is 0 Å². The summed E-state index contributed by atoms with van der Waals surface area (Å²) in [6.45, 7) is 6.16. The number of nitrogens with zero attached hydrogens (tertiary/aromatic N) is 2. The van der Waals surface area contributed by atoms with Crippen LogP contribution in [0.2, 0.25) is 0 Å². The van der Waals surface area contributed by atoms with E-state index < -0.39 is 0 Å². The number of ether oxygens (including phenoxy) is 1. The molecule has 5 rings (SSSR count). The van der Waals surface area contributed by atoms with Gasteiger partial charge in [-0.15, -0.1) is 0 Å². The molecule has 0 saturated carbocycles. The van der Waals surface area contributed by atoms with Gasteiger partial charge in [-0.05, 0) is 42.5 Å². The van der Waals surface area contributed by atoms with E-state index in [1.54, 1.807) is 6.92 Å². The predicted octanol–water partition coefficient (Wildman–Crippen LogP) is 3.16. The van der Waals surface area contributed by atoms with Gasteiger partial charge >= 0.3 is 0 Å². The number of morpholine rings is 1. The van der Waals surface area contributed by atoms with Gasteiger partial charge in [0.2, 0.25) is 5.91 Å². The van der Waals surface area contributed by atoms with Crippen LogP contribution >= 0.6 is 0 Å². The summed E-state index contributed by atoms with van der Waals surface area (Å²) in [5.74, 6) is -0.0652. The first-order valence-corrected chi connectivity index (χ1v) is 10.7. The minimum absolute atomic E-state index is 0.0782. The fraction of sp³-hybridized carbons (Fsp3) is 0.333. The molecule has 7 nitrogen and oxygen atoms in total. The highest BCUT2D eigenvalue weighted by molar-refractivity contribution is 6.06. The number of amides is 2. The van der Waals surface area contributed by atoms with Crippen LogP contribution in [0.5, 0.6) is 0 Å². The number of nitrogens with one attached hydrogen (secondary N) is 2. The van der Waals surface area contributed by atoms with Crippen molar-refractivity contribution in [1.29, 1.82) is 0 Å². The summed E-state index contributed by atoms with van der Waals surface area (Å²) in [6.07, 6.45) is 0.806. The Labute approximate surface area is 181 Å². The standard InChI is InChI=1S/C24H26N4O3/c1-16(29)28-9-8-23-21(15-28)20-14-17(2-7-22(20)26-23)24(30)25-18-3-5-19(6-4-18)27-10-12-31-13-11-27/h2-7,14,26H,8-13,15H2,1H3,(H,25,30). The van der Waals surface area contributed by atoms with E-state index in [9.17, 15) is 9.59 Å². The minimum atomic E-state index is -0.143. The highest BCUT2D eigenvalue weighted by Gasteiger charge is 2.22. The van der Waals surface area contributed by atoms with Crippen LogP contribution in [-0.2, 0) is 22.5 Å². The van der Waals surface area contributed by atoms with E-state index in [0.717, 1.165) is 72.8 Å². The topological polar surface area (TPSA) is 77.7 Å². The Morgan fingerprint density at radius 1 is 1.03 bits per heavy atom. The lowest BCUT2D eigenvalue weighted by molar-refractivity contribution is -0.129. The van der Waals surface area contributed by atoms with E-state index in [0.29, 0.717) is 12.1 Å². The molecule has 0 atom stereocenters. The zero-order chi connectivity index (χ0) is 21.4. The lowest BCUT2D eigenvalue weighted by Crippen LogP contribution is -2.36. The van der Waals surface area contributed by atoms with Crippen molar-refractivity contribution in [3.05, 3.63) is 59.3 Å². The molecule has 160 valence electrons. The summed E-state index contributed by atoms with van der Waals surface area (Å²) in [4.78, 5) is 32.3. The first-order valence-electron chi connectivity index (χ1n) is 10.7. The molecule has 1 saturated heterocycles. The van der Waals surface area contributed by atoms with Gasteiger partial charge in [0.05, 0.1) is 13.2 Å². The van der Waals surface area contributed by atoms with Crippen LogP contribution in [-0.4, -0.2) is 54.5 Å². The molecule has 0 bridgehead atoms. The van der Waals surface area contributed by atoms with Gasteiger partial charge < -0.3 is 24.8 Å². The summed E-state index contributed by atoms with van der Waals surface area (Å²) >= 11 is 0. The number of rotatable bonds is 3. The van der Waals surface area contributed by atoms with Crippen molar-refractivity contribution >= 4 is 34.1 Å². The lowest BCUT2D eigenvalue weighted by atomic mass is 10.0. The van der Waals surface area contributed by atoms with Crippen molar-refractivity contribution in [3.63, 3.8) is 0 Å². The third-order valence-electron chi connectivity index (χ3n) is 6.18. The summed E-state index contributed by atoms with van der Waals surface area (Å²) in [7, 11) is 0. The molecule has 3 aromatic rings. The van der Waals surface area contributed by atoms with Crippen molar-refractivity contribution in [2.24, 2.45) is 0 Å². The van der Waals surface area contributed by atoms with E-state index in [2.05, 4.69) is 15.2 Å². The molecule has 2 N–H and O–H groups in total. The van der Waals surface area contributed by atoms with Crippen LogP contribution in [0.25, 0.3) is 10.9 Å². The van der Waals surface area contributed by atoms with E-state index in [4.69, 9.17) is 4.74 Å². The van der Waals surface area contributed by atoms with Gasteiger partial charge in [-0.2, -0.15) is 0 Å². The van der Waals surface area contributed by atoms with Gasteiger partial charge in [-0.3, -0.25) is 9.59 Å². The zero-order valence-electron chi connectivity index (χ0n) is 17.6. The summed E-state index contributed by atoms with van der Waals surface area (Å²) in [5, 5.41) is 4.01. The monoisotopic (exact) mass is 418 g/mol. The van der Waals surface area contributed by atoms with Crippen molar-refractivity contribution in [2.45, 2.75) is 19.9 Å². The van der Waals surface area contributed by atoms with Crippen molar-refractivity contribution in [1.82, 2.24) is 9.88 Å². The Balaban J connectivity index is 1.34. The molecule has 2 aromatic carbocycles. The molecule has 2 aliphatic heterocycles. The lowest BCUT2D eigenvalue weighted by Gasteiger charge is -2.28. The maximum Gasteiger partial charge on any atom is 0.255 e. The van der Waals surface area contributed by atoms with Gasteiger partial charge in [0, 0.05) is 78.6 Å². The molecule has 1 fully saturated rings. The Bertz CT molecular complexity index is 1130. The van der Waals surface area contributed by atoms with Crippen molar-refractivity contribution < 1.29 is 14.3 Å². The molecule has 3 heterocycles. The second-order valence-corrected chi connectivity index (χ2v) is 8.13. The summed E-state index contributed by atoms with van der Waals surface area (Å²) in [6, 6.07) is 13.6. The number of benzene rings is 2. The maximum atomic E-state index is 12.9. The number of anilines is 2. The van der Waals surface area contributed by atoms with Gasteiger partial charge in [0.25, 0.3) is 5.91 Å². The number of hydrogen-bond donors (Lipinski definition) is 2. The number of H-pyrrole nitrogens is 1. The number of aromatic nitrogens is 1. The van der Waals surface area contributed by atoms with E-state index >= 15 is 0 Å². The van der Waals surface area contributed by atoms with Crippen LogP contribution in [0.3, 0.4) is 0 Å². The zero-order valence-corrected chi connectivity index (χ0v) is 17.6. The fourth-order valence-electron chi connectivity index (χ4n) is 4.40. The average molecular weight is 418 g/mol. The molecule has 0 unspecified atom stereocenters. The van der Waals surface area contributed by atoms with Crippen LogP contribution in [0.1, 0.15) is 28.5 Å². The summed E-state index contributed by atoms with van der Waals surface area (Å²) < 4.78 is 5.40. The average Bonchev–Trinajstić information content (AvgIpc) is 3.17. The molecular weight excluding hydrogens is 392 g/mol. The molecule has 0 radical (unpaired) electrons. The predicted molar refractivity (Wildman–Crippen MR) is 121 cm³/mol. The van der Waals surface area contributed by atoms with E-state index in [1.807, 2.05) is 47.4 Å². The maximum absolute atomic E-state index is 12.9. The first kappa shape index (κ1) is 19.6. The second kappa shape index (κ2) is 8.07. The number of aromatic amines is 1. The molecule has 0 aliphatic carbocycles. The molecule has 1 aromatic heterocycles. The Morgan fingerprint density at radius 2 is 1.81 bits per heavy atom. The van der Waals surface area contributed by atoms with Gasteiger partial charge in [-0.25, -0.2) is 0 Å². The molecule has 0 spiro atoms. The molecule has 7 heteroatoms. The second-order valence-electron chi connectivity index (χ2n) is 8.13. The van der Waals surface area contributed by atoms with Crippen LogP contribution in [0.15, 0.2) is 42.5 Å². The third kappa shape index (κ3) is 3.88. The van der Waals surface area contributed by atoms with E-state index in [-0.39, 0.29) is 11.8 Å². The minimum Gasteiger partial charge on any atom is -0.378 e. The van der Waals surface area contributed by atoms with Crippen molar-refractivity contribution in [3.8, 4) is 0 Å². The number of fused-ring (bicyclic) bond motifs is 3. The third-order valence-corrected chi connectivity index (χ3v) is 6.18. The van der Waals surface area contributed by atoms with Crippen LogP contribution in [0, 0.1) is 0 Å². The smallest absolute Gasteiger partial charge is 0.255 e. The molecule has 31 heavy (non-hydrogen) atoms. The van der Waals surface area contributed by atoms with Crippen LogP contribution in [0.4, 0.5) is 11.4 Å². The van der Waals surface area contributed by atoms with E-state index in [1.165, 1.54) is 0 Å². The quantitative estimate of drug-likeness (QED) is 0.685. The number of carbonyl (C=O) groups excluding carboxylic acids is 2. The van der Waals surface area contributed by atoms with Gasteiger partial charge in [-0.1, -0.05) is 0 Å². The Hall–Kier alpha value is -3.32. The number of hydrogen-bond acceptors (Lipinski definition) is 4.